The van der Waals surface area contributed by atoms with E-state index >= 15 is 0 Å². The third-order valence-electron chi connectivity index (χ3n) is 4.87. The third kappa shape index (κ3) is 3.15. The van der Waals surface area contributed by atoms with Crippen molar-refractivity contribution in [3.63, 3.8) is 0 Å². The van der Waals surface area contributed by atoms with Crippen LogP contribution in [0.25, 0.3) is 0 Å². The zero-order valence-electron chi connectivity index (χ0n) is 13.6. The number of nitrogens with zero attached hydrogens (tertiary/aromatic N) is 2. The van der Waals surface area contributed by atoms with E-state index in [9.17, 15) is 13.2 Å². The number of anilines is 1. The van der Waals surface area contributed by atoms with Gasteiger partial charge < -0.3 is 4.90 Å². The number of hydrogen-bond donors (Lipinski definition) is 0. The molecule has 126 valence electrons. The smallest absolute Gasteiger partial charge is 0.243 e. The molecule has 0 bridgehead atoms. The Balaban J connectivity index is 1.82. The first-order valence-electron chi connectivity index (χ1n) is 8.46. The first-order valence-corrected chi connectivity index (χ1v) is 9.90. The van der Waals surface area contributed by atoms with Crippen molar-refractivity contribution in [2.75, 3.05) is 18.0 Å². The van der Waals surface area contributed by atoms with Crippen LogP contribution in [0, 0.1) is 0 Å². The Kier molecular flexibility index (Phi) is 4.73. The maximum absolute atomic E-state index is 12.8. The second-order valence-electron chi connectivity index (χ2n) is 6.32. The molecule has 0 saturated carbocycles. The molecule has 2 heterocycles. The predicted molar refractivity (Wildman–Crippen MR) is 89.9 cm³/mol. The topological polar surface area (TPSA) is 57.7 Å². The quantitative estimate of drug-likeness (QED) is 0.849. The van der Waals surface area contributed by atoms with E-state index < -0.39 is 10.0 Å². The minimum atomic E-state index is -3.43. The molecular weight excluding hydrogens is 312 g/mol. The van der Waals surface area contributed by atoms with Gasteiger partial charge in [-0.1, -0.05) is 6.92 Å². The summed E-state index contributed by atoms with van der Waals surface area (Å²) in [6.07, 6.45) is 5.23. The van der Waals surface area contributed by atoms with Gasteiger partial charge in [-0.15, -0.1) is 0 Å². The van der Waals surface area contributed by atoms with Crippen molar-refractivity contribution in [3.05, 3.63) is 24.3 Å². The summed E-state index contributed by atoms with van der Waals surface area (Å²) in [5.41, 5.74) is 0.794. The van der Waals surface area contributed by atoms with Crippen molar-refractivity contribution in [3.8, 4) is 0 Å². The molecule has 23 heavy (non-hydrogen) atoms. The lowest BCUT2D eigenvalue weighted by Crippen LogP contribution is -2.36. The van der Waals surface area contributed by atoms with Crippen LogP contribution >= 0.6 is 0 Å². The average molecular weight is 336 g/mol. The largest absolute Gasteiger partial charge is 0.312 e. The molecule has 1 atom stereocenters. The molecule has 1 amide bonds. The van der Waals surface area contributed by atoms with E-state index in [2.05, 4.69) is 0 Å². The Morgan fingerprint density at radius 1 is 1.09 bits per heavy atom. The maximum Gasteiger partial charge on any atom is 0.243 e. The Bertz CT molecular complexity index is 670. The van der Waals surface area contributed by atoms with Gasteiger partial charge in [-0.3, -0.25) is 4.79 Å². The van der Waals surface area contributed by atoms with Gasteiger partial charge in [0.05, 0.1) is 4.90 Å². The predicted octanol–water partition coefficient (Wildman–Crippen LogP) is 2.77. The number of carbonyl (C=O) groups excluding carboxylic acids is 1. The highest BCUT2D eigenvalue weighted by molar-refractivity contribution is 7.89. The van der Waals surface area contributed by atoms with E-state index in [4.69, 9.17) is 0 Å². The normalized spacial score (nSPS) is 23.4. The van der Waals surface area contributed by atoms with Crippen LogP contribution in [-0.4, -0.2) is 37.8 Å². The Morgan fingerprint density at radius 3 is 2.48 bits per heavy atom. The molecule has 0 spiro atoms. The van der Waals surface area contributed by atoms with E-state index in [1.165, 1.54) is 0 Å². The van der Waals surface area contributed by atoms with Crippen molar-refractivity contribution in [1.29, 1.82) is 0 Å². The van der Waals surface area contributed by atoms with E-state index in [-0.39, 0.29) is 11.9 Å². The molecule has 3 rings (SSSR count). The Hall–Kier alpha value is -1.40. The molecular formula is C17H24N2O3S. The highest BCUT2D eigenvalue weighted by Gasteiger charge is 2.34. The maximum atomic E-state index is 12.8. The molecule has 1 unspecified atom stereocenters. The highest BCUT2D eigenvalue weighted by atomic mass is 32.2. The minimum Gasteiger partial charge on any atom is -0.312 e. The second kappa shape index (κ2) is 6.61. The highest BCUT2D eigenvalue weighted by Crippen LogP contribution is 2.29. The number of piperidine rings is 1. The van der Waals surface area contributed by atoms with Crippen LogP contribution in [0.3, 0.4) is 0 Å². The summed E-state index contributed by atoms with van der Waals surface area (Å²) in [4.78, 5) is 14.0. The molecule has 0 N–H and O–H groups in total. The lowest BCUT2D eigenvalue weighted by molar-refractivity contribution is -0.119. The molecule has 2 saturated heterocycles. The van der Waals surface area contributed by atoms with Crippen LogP contribution in [0.15, 0.2) is 29.2 Å². The fourth-order valence-electron chi connectivity index (χ4n) is 3.55. The molecule has 1 aromatic rings. The number of carbonyl (C=O) groups is 1. The lowest BCUT2D eigenvalue weighted by atomic mass is 10.1. The van der Waals surface area contributed by atoms with Gasteiger partial charge in [-0.25, -0.2) is 8.42 Å². The summed E-state index contributed by atoms with van der Waals surface area (Å²) < 4.78 is 27.2. The van der Waals surface area contributed by atoms with Crippen LogP contribution in [0.4, 0.5) is 5.69 Å². The van der Waals surface area contributed by atoms with Gasteiger partial charge >= 0.3 is 0 Å². The number of hydrogen-bond acceptors (Lipinski definition) is 3. The third-order valence-corrected chi connectivity index (χ3v) is 6.84. The average Bonchev–Trinajstić information content (AvgIpc) is 3.05. The second-order valence-corrected chi connectivity index (χ2v) is 8.21. The first-order chi connectivity index (χ1) is 11.0. The SMILES string of the molecule is CCC1CCCN1S(=O)(=O)c1ccc(N2CCCCC2=O)cc1. The van der Waals surface area contributed by atoms with Crippen LogP contribution in [-0.2, 0) is 14.8 Å². The van der Waals surface area contributed by atoms with E-state index in [0.29, 0.717) is 17.9 Å². The fourth-order valence-corrected chi connectivity index (χ4v) is 5.31. The van der Waals surface area contributed by atoms with E-state index in [0.717, 1.165) is 44.3 Å². The van der Waals surface area contributed by atoms with Crippen molar-refractivity contribution < 1.29 is 13.2 Å². The summed E-state index contributed by atoms with van der Waals surface area (Å²) in [6.45, 7) is 3.35. The number of benzene rings is 1. The van der Waals surface area contributed by atoms with Gasteiger partial charge in [0.25, 0.3) is 0 Å². The zero-order chi connectivity index (χ0) is 16.4. The number of amides is 1. The molecule has 6 heteroatoms. The molecule has 5 nitrogen and oxygen atoms in total. The summed E-state index contributed by atoms with van der Waals surface area (Å²) in [5, 5.41) is 0. The molecule has 2 fully saturated rings. The van der Waals surface area contributed by atoms with E-state index in [1.54, 1.807) is 33.5 Å². The monoisotopic (exact) mass is 336 g/mol. The van der Waals surface area contributed by atoms with Gasteiger partial charge in [-0.05, 0) is 56.4 Å². The van der Waals surface area contributed by atoms with Crippen LogP contribution in [0.5, 0.6) is 0 Å². The molecule has 2 aliphatic heterocycles. The molecule has 2 aliphatic rings. The number of sulfonamides is 1. The molecule has 1 aromatic carbocycles. The van der Waals surface area contributed by atoms with Crippen molar-refractivity contribution in [1.82, 2.24) is 4.31 Å². The van der Waals surface area contributed by atoms with Gasteiger partial charge in [0.1, 0.15) is 0 Å². The van der Waals surface area contributed by atoms with Crippen LogP contribution < -0.4 is 4.90 Å². The Labute approximate surface area is 138 Å². The van der Waals surface area contributed by atoms with Gasteiger partial charge in [0.15, 0.2) is 0 Å². The minimum absolute atomic E-state index is 0.114. The van der Waals surface area contributed by atoms with Gasteiger partial charge in [0.2, 0.25) is 15.9 Å². The van der Waals surface area contributed by atoms with Crippen molar-refractivity contribution >= 4 is 21.6 Å². The fraction of sp³-hybridized carbons (Fsp3) is 0.588. The van der Waals surface area contributed by atoms with E-state index in [1.807, 2.05) is 6.92 Å². The summed E-state index contributed by atoms with van der Waals surface area (Å²) in [6, 6.07) is 6.90. The molecule has 0 aromatic heterocycles. The Morgan fingerprint density at radius 2 is 1.83 bits per heavy atom. The lowest BCUT2D eigenvalue weighted by Gasteiger charge is -2.27. The van der Waals surface area contributed by atoms with Gasteiger partial charge in [0, 0.05) is 31.2 Å². The summed E-state index contributed by atoms with van der Waals surface area (Å²) >= 11 is 0. The van der Waals surface area contributed by atoms with Gasteiger partial charge in [-0.2, -0.15) is 4.31 Å². The summed E-state index contributed by atoms with van der Waals surface area (Å²) in [7, 11) is -3.43. The van der Waals surface area contributed by atoms with Crippen LogP contribution in [0.1, 0.15) is 45.4 Å². The molecule has 0 radical (unpaired) electrons. The summed E-state index contributed by atoms with van der Waals surface area (Å²) in [5.74, 6) is 0.123. The first kappa shape index (κ1) is 16.5. The van der Waals surface area contributed by atoms with Crippen molar-refractivity contribution in [2.45, 2.75) is 56.4 Å². The molecule has 0 aliphatic carbocycles. The van der Waals surface area contributed by atoms with Crippen LogP contribution in [0.2, 0.25) is 0 Å². The number of rotatable bonds is 4. The zero-order valence-corrected chi connectivity index (χ0v) is 14.4. The standard InChI is InChI=1S/C17H24N2O3S/c1-2-14-6-5-13-19(14)23(21,22)16-10-8-15(9-11-16)18-12-4-3-7-17(18)20/h8-11,14H,2-7,12-13H2,1H3. The van der Waals surface area contributed by atoms with Crippen molar-refractivity contribution in [2.24, 2.45) is 0 Å².